The van der Waals surface area contributed by atoms with Crippen LogP contribution in [-0.2, 0) is 16.1 Å². The summed E-state index contributed by atoms with van der Waals surface area (Å²) in [6.07, 6.45) is 0.574. The SMILES string of the molecule is O=C(Nc1nc(-c2ccc(Cl)s2)cs1)C1=NN(Cc2ccccc2)C(=O)CC1. The van der Waals surface area contributed by atoms with Gasteiger partial charge in [-0.05, 0) is 17.7 Å². The summed E-state index contributed by atoms with van der Waals surface area (Å²) in [4.78, 5) is 30.1. The van der Waals surface area contributed by atoms with Gasteiger partial charge in [-0.25, -0.2) is 9.99 Å². The van der Waals surface area contributed by atoms with Gasteiger partial charge in [0.2, 0.25) is 5.91 Å². The molecule has 1 aliphatic rings. The first kappa shape index (κ1) is 18.8. The number of rotatable bonds is 5. The number of nitrogens with zero attached hydrogens (tertiary/aromatic N) is 3. The van der Waals surface area contributed by atoms with Crippen LogP contribution in [0.1, 0.15) is 18.4 Å². The van der Waals surface area contributed by atoms with E-state index in [-0.39, 0.29) is 18.2 Å². The van der Waals surface area contributed by atoms with Crippen LogP contribution in [0.5, 0.6) is 0 Å². The van der Waals surface area contributed by atoms with Crippen molar-refractivity contribution in [3.63, 3.8) is 0 Å². The Morgan fingerprint density at radius 1 is 1.18 bits per heavy atom. The molecular weight excluding hydrogens is 416 g/mol. The van der Waals surface area contributed by atoms with Gasteiger partial charge in [0.25, 0.3) is 5.91 Å². The van der Waals surface area contributed by atoms with E-state index < -0.39 is 0 Å². The van der Waals surface area contributed by atoms with E-state index in [9.17, 15) is 9.59 Å². The molecule has 0 saturated carbocycles. The third-order valence-corrected chi connectivity index (χ3v) is 6.10. The lowest BCUT2D eigenvalue weighted by atomic mass is 10.1. The minimum absolute atomic E-state index is 0.0912. The van der Waals surface area contributed by atoms with Crippen LogP contribution in [0.3, 0.4) is 0 Å². The molecule has 3 aromatic rings. The fraction of sp³-hybridized carbons (Fsp3) is 0.158. The number of hydrogen-bond donors (Lipinski definition) is 1. The molecule has 1 N–H and O–H groups in total. The highest BCUT2D eigenvalue weighted by atomic mass is 35.5. The molecule has 9 heteroatoms. The number of amides is 2. The quantitative estimate of drug-likeness (QED) is 0.640. The number of carbonyl (C=O) groups excluding carboxylic acids is 2. The van der Waals surface area contributed by atoms with E-state index in [4.69, 9.17) is 11.6 Å². The number of thiophene rings is 1. The molecule has 28 heavy (non-hydrogen) atoms. The lowest BCUT2D eigenvalue weighted by Crippen LogP contribution is -2.36. The van der Waals surface area contributed by atoms with Crippen LogP contribution in [0, 0.1) is 0 Å². The minimum atomic E-state index is -0.337. The van der Waals surface area contributed by atoms with Gasteiger partial charge in [-0.2, -0.15) is 5.10 Å². The Balaban J connectivity index is 1.46. The summed E-state index contributed by atoms with van der Waals surface area (Å²) in [7, 11) is 0. The summed E-state index contributed by atoms with van der Waals surface area (Å²) in [5.74, 6) is -0.429. The van der Waals surface area contributed by atoms with E-state index in [2.05, 4.69) is 15.4 Å². The van der Waals surface area contributed by atoms with Crippen LogP contribution in [0.15, 0.2) is 52.9 Å². The standard InChI is InChI=1S/C19H15ClN4O2S2/c20-16-8-7-15(28-16)14-11-27-19(21-14)22-18(26)13-6-9-17(25)24(23-13)10-12-4-2-1-3-5-12/h1-5,7-8,11H,6,9-10H2,(H,21,22,26). The number of benzene rings is 1. The van der Waals surface area contributed by atoms with Gasteiger partial charge in [-0.15, -0.1) is 22.7 Å². The minimum Gasteiger partial charge on any atom is -0.297 e. The van der Waals surface area contributed by atoms with E-state index in [1.807, 2.05) is 47.8 Å². The second-order valence-corrected chi connectivity index (χ2v) is 8.65. The summed E-state index contributed by atoms with van der Waals surface area (Å²) in [5.41, 5.74) is 2.05. The summed E-state index contributed by atoms with van der Waals surface area (Å²) in [6.45, 7) is 0.344. The number of carbonyl (C=O) groups is 2. The van der Waals surface area contributed by atoms with Crippen molar-refractivity contribution in [2.24, 2.45) is 5.10 Å². The maximum atomic E-state index is 12.6. The van der Waals surface area contributed by atoms with Gasteiger partial charge in [0, 0.05) is 18.2 Å². The van der Waals surface area contributed by atoms with Crippen LogP contribution in [0.4, 0.5) is 5.13 Å². The number of anilines is 1. The lowest BCUT2D eigenvalue weighted by Gasteiger charge is -2.23. The number of halogens is 1. The topological polar surface area (TPSA) is 74.7 Å². The maximum Gasteiger partial charge on any atom is 0.273 e. The zero-order valence-electron chi connectivity index (χ0n) is 14.6. The van der Waals surface area contributed by atoms with Crippen molar-refractivity contribution in [1.82, 2.24) is 9.99 Å². The zero-order valence-corrected chi connectivity index (χ0v) is 17.0. The van der Waals surface area contributed by atoms with Gasteiger partial charge in [0.1, 0.15) is 5.71 Å². The Hall–Kier alpha value is -2.55. The number of thiazole rings is 1. The van der Waals surface area contributed by atoms with E-state index in [1.54, 1.807) is 0 Å². The van der Waals surface area contributed by atoms with Crippen molar-refractivity contribution in [3.8, 4) is 10.6 Å². The summed E-state index contributed by atoms with van der Waals surface area (Å²) in [5, 5.41) is 10.8. The summed E-state index contributed by atoms with van der Waals surface area (Å²) < 4.78 is 0.688. The average Bonchev–Trinajstić information content (AvgIpc) is 3.33. The maximum absolute atomic E-state index is 12.6. The molecule has 4 rings (SSSR count). The smallest absolute Gasteiger partial charge is 0.273 e. The number of nitrogens with one attached hydrogen (secondary N) is 1. The molecular formula is C19H15ClN4O2S2. The van der Waals surface area contributed by atoms with Crippen LogP contribution < -0.4 is 5.32 Å². The second-order valence-electron chi connectivity index (χ2n) is 6.08. The van der Waals surface area contributed by atoms with Crippen molar-refractivity contribution in [1.29, 1.82) is 0 Å². The van der Waals surface area contributed by atoms with Gasteiger partial charge in [-0.1, -0.05) is 41.9 Å². The Morgan fingerprint density at radius 3 is 2.75 bits per heavy atom. The lowest BCUT2D eigenvalue weighted by molar-refractivity contribution is -0.132. The molecule has 0 aliphatic carbocycles. The van der Waals surface area contributed by atoms with Crippen molar-refractivity contribution in [3.05, 3.63) is 57.7 Å². The van der Waals surface area contributed by atoms with E-state index >= 15 is 0 Å². The van der Waals surface area contributed by atoms with Gasteiger partial charge >= 0.3 is 0 Å². The monoisotopic (exact) mass is 430 g/mol. The Labute approximate surface area is 174 Å². The number of hydrogen-bond acceptors (Lipinski definition) is 6. The third kappa shape index (κ3) is 4.30. The van der Waals surface area contributed by atoms with E-state index in [0.29, 0.717) is 28.1 Å². The average molecular weight is 431 g/mol. The van der Waals surface area contributed by atoms with Crippen LogP contribution >= 0.6 is 34.3 Å². The normalized spacial score (nSPS) is 14.1. The van der Waals surface area contributed by atoms with E-state index in [0.717, 1.165) is 16.1 Å². The number of hydrazone groups is 1. The molecule has 3 heterocycles. The third-order valence-electron chi connectivity index (χ3n) is 4.09. The summed E-state index contributed by atoms with van der Waals surface area (Å²) in [6, 6.07) is 13.3. The molecule has 0 atom stereocenters. The molecule has 0 bridgehead atoms. The van der Waals surface area contributed by atoms with Crippen molar-refractivity contribution in [2.45, 2.75) is 19.4 Å². The molecule has 2 amide bonds. The van der Waals surface area contributed by atoms with Gasteiger partial charge in [0.05, 0.1) is 21.5 Å². The molecule has 0 radical (unpaired) electrons. The molecule has 6 nitrogen and oxygen atoms in total. The highest BCUT2D eigenvalue weighted by molar-refractivity contribution is 7.20. The van der Waals surface area contributed by atoms with Crippen LogP contribution in [0.25, 0.3) is 10.6 Å². The highest BCUT2D eigenvalue weighted by Crippen LogP contribution is 2.32. The Morgan fingerprint density at radius 2 is 2.00 bits per heavy atom. The number of aromatic nitrogens is 1. The van der Waals surface area contributed by atoms with Crippen molar-refractivity contribution in [2.75, 3.05) is 5.32 Å². The van der Waals surface area contributed by atoms with Gasteiger partial charge in [0.15, 0.2) is 5.13 Å². The molecule has 0 saturated heterocycles. The molecule has 2 aromatic heterocycles. The Kier molecular flexibility index (Phi) is 5.52. The van der Waals surface area contributed by atoms with Gasteiger partial charge in [-0.3, -0.25) is 14.9 Å². The summed E-state index contributed by atoms with van der Waals surface area (Å²) >= 11 is 8.73. The van der Waals surface area contributed by atoms with Gasteiger partial charge < -0.3 is 0 Å². The molecule has 0 fully saturated rings. The molecule has 0 unspecified atom stereocenters. The first-order chi connectivity index (χ1) is 13.6. The predicted octanol–water partition coefficient (Wildman–Crippen LogP) is 4.64. The molecule has 142 valence electrons. The molecule has 1 aliphatic heterocycles. The Bertz CT molecular complexity index is 1050. The van der Waals surface area contributed by atoms with Crippen LogP contribution in [0.2, 0.25) is 4.34 Å². The van der Waals surface area contributed by atoms with Crippen molar-refractivity contribution < 1.29 is 9.59 Å². The van der Waals surface area contributed by atoms with Crippen LogP contribution in [-0.4, -0.2) is 27.5 Å². The fourth-order valence-electron chi connectivity index (χ4n) is 2.71. The molecule has 0 spiro atoms. The fourth-order valence-corrected chi connectivity index (χ4v) is 4.49. The first-order valence-corrected chi connectivity index (χ1v) is 10.6. The highest BCUT2D eigenvalue weighted by Gasteiger charge is 2.25. The molecule has 1 aromatic carbocycles. The second kappa shape index (κ2) is 8.22. The first-order valence-electron chi connectivity index (χ1n) is 8.53. The van der Waals surface area contributed by atoms with Crippen molar-refractivity contribution >= 4 is 56.9 Å². The zero-order chi connectivity index (χ0) is 19.5. The van der Waals surface area contributed by atoms with E-state index in [1.165, 1.54) is 27.7 Å². The predicted molar refractivity (Wildman–Crippen MR) is 113 cm³/mol. The largest absolute Gasteiger partial charge is 0.297 e.